The topological polar surface area (TPSA) is 196 Å². The van der Waals surface area contributed by atoms with Crippen LogP contribution in [-0.4, -0.2) is 87.7 Å². The van der Waals surface area contributed by atoms with Crippen LogP contribution in [-0.2, 0) is 16.0 Å². The Balaban J connectivity index is 0.00000342. The maximum atomic E-state index is 12.8. The number of rotatable bonds is 8. The molecular formula is C22H32N8O5. The van der Waals surface area contributed by atoms with E-state index in [9.17, 15) is 15.0 Å². The Morgan fingerprint density at radius 1 is 1.29 bits per heavy atom. The summed E-state index contributed by atoms with van der Waals surface area (Å²) >= 11 is 0. The maximum absolute atomic E-state index is 12.8. The second kappa shape index (κ2) is 10.9. The largest absolute Gasteiger partial charge is 0.497 e. The lowest BCUT2D eigenvalue weighted by Crippen LogP contribution is -2.53. The number of aromatic nitrogens is 4. The molecule has 0 aliphatic carbocycles. The number of nitrogens with zero attached hydrogens (tertiary/aromatic N) is 5. The average molecular weight is 489 g/mol. The number of nitrogens with two attached hydrogens (primary N) is 1. The summed E-state index contributed by atoms with van der Waals surface area (Å²) in [5, 5.41) is 23.6. The number of ether oxygens (including phenoxy) is 2. The molecule has 1 aliphatic rings. The zero-order valence-electron chi connectivity index (χ0n) is 19.9. The number of methoxy groups -OCH3 is 1. The first-order valence-corrected chi connectivity index (χ1v) is 10.8. The molecule has 0 saturated carbocycles. The number of hydrogen-bond donors (Lipinski definition) is 5. The van der Waals surface area contributed by atoms with E-state index in [4.69, 9.17) is 15.2 Å². The molecule has 1 fully saturated rings. The molecule has 8 N–H and O–H groups in total. The molecule has 190 valence electrons. The summed E-state index contributed by atoms with van der Waals surface area (Å²) in [4.78, 5) is 27.5. The lowest BCUT2D eigenvalue weighted by Gasteiger charge is -2.23. The summed E-state index contributed by atoms with van der Waals surface area (Å²) in [7, 11) is 5.25. The monoisotopic (exact) mass is 488 g/mol. The van der Waals surface area contributed by atoms with Gasteiger partial charge in [-0.3, -0.25) is 9.36 Å². The van der Waals surface area contributed by atoms with E-state index < -0.39 is 43.0 Å². The third-order valence-electron chi connectivity index (χ3n) is 5.85. The van der Waals surface area contributed by atoms with E-state index in [1.807, 2.05) is 26.2 Å². The van der Waals surface area contributed by atoms with E-state index in [1.54, 1.807) is 28.7 Å². The smallest absolute Gasteiger partial charge is 0.237 e. The van der Waals surface area contributed by atoms with Crippen LogP contribution in [0.25, 0.3) is 11.2 Å². The first-order valence-electron chi connectivity index (χ1n) is 10.8. The zero-order chi connectivity index (χ0) is 24.4. The number of nitrogens with one attached hydrogen (secondary N) is 1. The molecule has 3 aromatic rings. The lowest BCUT2D eigenvalue weighted by molar-refractivity contribution is -0.124. The molecule has 13 nitrogen and oxygen atoms in total. The highest BCUT2D eigenvalue weighted by Crippen LogP contribution is 2.32. The van der Waals surface area contributed by atoms with Crippen molar-refractivity contribution < 1.29 is 24.5 Å². The van der Waals surface area contributed by atoms with Gasteiger partial charge in [0.05, 0.1) is 32.1 Å². The van der Waals surface area contributed by atoms with Crippen LogP contribution in [0.3, 0.4) is 0 Å². The Bertz CT molecular complexity index is 1140. The molecule has 0 spiro atoms. The third kappa shape index (κ3) is 5.18. The predicted octanol–water partition coefficient (Wildman–Crippen LogP) is -0.632. The number of amides is 1. The van der Waals surface area contributed by atoms with Crippen LogP contribution < -0.4 is 26.8 Å². The number of aliphatic hydroxyl groups excluding tert-OH is 2. The van der Waals surface area contributed by atoms with Crippen LogP contribution in [0.4, 0.5) is 5.82 Å². The molecule has 4 rings (SSSR count). The highest BCUT2D eigenvalue weighted by Gasteiger charge is 2.46. The molecule has 1 saturated heterocycles. The summed E-state index contributed by atoms with van der Waals surface area (Å²) in [6.45, 7) is -0.406. The number of hydrogen-bond acceptors (Lipinski definition) is 11. The fraction of sp³-hybridized carbons (Fsp3) is 0.455. The summed E-state index contributed by atoms with van der Waals surface area (Å²) in [6, 6.07) is 5.52. The molecule has 1 aromatic carbocycles. The van der Waals surface area contributed by atoms with Crippen molar-refractivity contribution in [3.8, 4) is 5.75 Å². The van der Waals surface area contributed by atoms with Gasteiger partial charge in [0.2, 0.25) is 5.91 Å². The number of fused-ring (bicyclic) bond motifs is 1. The second-order valence-electron chi connectivity index (χ2n) is 8.35. The molecule has 1 amide bonds. The van der Waals surface area contributed by atoms with Gasteiger partial charge in [0.15, 0.2) is 23.2 Å². The van der Waals surface area contributed by atoms with E-state index in [-0.39, 0.29) is 6.15 Å². The minimum Gasteiger partial charge on any atom is -0.497 e. The number of anilines is 1. The van der Waals surface area contributed by atoms with Gasteiger partial charge in [-0.25, -0.2) is 15.0 Å². The van der Waals surface area contributed by atoms with Crippen LogP contribution in [0.5, 0.6) is 5.75 Å². The van der Waals surface area contributed by atoms with Gasteiger partial charge in [-0.15, -0.1) is 0 Å². The van der Waals surface area contributed by atoms with Crippen LogP contribution >= 0.6 is 0 Å². The van der Waals surface area contributed by atoms with Gasteiger partial charge >= 0.3 is 0 Å². The molecule has 35 heavy (non-hydrogen) atoms. The first-order chi connectivity index (χ1) is 16.3. The zero-order valence-corrected chi connectivity index (χ0v) is 19.9. The molecule has 1 aliphatic heterocycles. The van der Waals surface area contributed by atoms with E-state index in [0.717, 1.165) is 5.56 Å². The molecule has 0 radical (unpaired) electrons. The van der Waals surface area contributed by atoms with Crippen molar-refractivity contribution in [1.29, 1.82) is 0 Å². The van der Waals surface area contributed by atoms with Gasteiger partial charge in [0, 0.05) is 14.1 Å². The molecular weight excluding hydrogens is 456 g/mol. The maximum Gasteiger partial charge on any atom is 0.237 e. The first kappa shape index (κ1) is 26.2. The van der Waals surface area contributed by atoms with Crippen molar-refractivity contribution in [3.63, 3.8) is 0 Å². The minimum atomic E-state index is -1.18. The molecule has 2 aromatic heterocycles. The van der Waals surface area contributed by atoms with E-state index in [2.05, 4.69) is 20.3 Å². The van der Waals surface area contributed by atoms with E-state index in [1.165, 1.54) is 12.7 Å². The molecule has 13 heteroatoms. The SMILES string of the molecule is COc1ccc(C[C@H](N)C(=O)N[C@H]2[C@@H](O)[C@H](n3cnc4c(N(C)C)ncnc43)O[C@@H]2CO)cc1.N. The van der Waals surface area contributed by atoms with Crippen molar-refractivity contribution in [2.24, 2.45) is 5.73 Å². The van der Waals surface area contributed by atoms with Gasteiger partial charge in [-0.2, -0.15) is 0 Å². The average Bonchev–Trinajstić information content (AvgIpc) is 3.40. The molecule has 0 unspecified atom stereocenters. The predicted molar refractivity (Wildman–Crippen MR) is 128 cm³/mol. The van der Waals surface area contributed by atoms with Crippen molar-refractivity contribution >= 4 is 22.9 Å². The van der Waals surface area contributed by atoms with Gasteiger partial charge < -0.3 is 41.8 Å². The van der Waals surface area contributed by atoms with Gasteiger partial charge in [0.1, 0.15) is 24.3 Å². The highest BCUT2D eigenvalue weighted by molar-refractivity contribution is 5.83. The number of carbonyl (C=O) groups excluding carboxylic acids is 1. The summed E-state index contributed by atoms with van der Waals surface area (Å²) in [6.07, 6.45) is 0.250. The van der Waals surface area contributed by atoms with Crippen molar-refractivity contribution in [1.82, 2.24) is 31.0 Å². The Kier molecular flexibility index (Phi) is 8.19. The van der Waals surface area contributed by atoms with Crippen molar-refractivity contribution in [3.05, 3.63) is 42.5 Å². The van der Waals surface area contributed by atoms with Crippen molar-refractivity contribution in [2.75, 3.05) is 32.7 Å². The van der Waals surface area contributed by atoms with Gasteiger partial charge in [-0.05, 0) is 24.1 Å². The summed E-state index contributed by atoms with van der Waals surface area (Å²) in [5.41, 5.74) is 7.98. The minimum absolute atomic E-state index is 0. The lowest BCUT2D eigenvalue weighted by atomic mass is 10.0. The fourth-order valence-corrected chi connectivity index (χ4v) is 4.04. The third-order valence-corrected chi connectivity index (χ3v) is 5.85. The number of imidazole rings is 1. The van der Waals surface area contributed by atoms with E-state index in [0.29, 0.717) is 29.2 Å². The second-order valence-corrected chi connectivity index (χ2v) is 8.35. The quantitative estimate of drug-likeness (QED) is 0.271. The Hall–Kier alpha value is -3.36. The van der Waals surface area contributed by atoms with Crippen LogP contribution in [0, 0.1) is 0 Å². The van der Waals surface area contributed by atoms with Crippen LogP contribution in [0.2, 0.25) is 0 Å². The number of carbonyl (C=O) groups is 1. The Morgan fingerprint density at radius 2 is 2.00 bits per heavy atom. The van der Waals surface area contributed by atoms with Crippen molar-refractivity contribution in [2.45, 2.75) is 36.9 Å². The number of benzene rings is 1. The van der Waals surface area contributed by atoms with Gasteiger partial charge in [-0.1, -0.05) is 12.1 Å². The van der Waals surface area contributed by atoms with Crippen LogP contribution in [0.1, 0.15) is 11.8 Å². The fourth-order valence-electron chi connectivity index (χ4n) is 4.04. The Morgan fingerprint density at radius 3 is 2.63 bits per heavy atom. The van der Waals surface area contributed by atoms with Gasteiger partial charge in [0.25, 0.3) is 0 Å². The summed E-state index contributed by atoms with van der Waals surface area (Å²) in [5.74, 6) is 0.861. The normalized spacial score (nSPS) is 22.5. The Labute approximate surface area is 202 Å². The van der Waals surface area contributed by atoms with Crippen LogP contribution in [0.15, 0.2) is 36.9 Å². The summed E-state index contributed by atoms with van der Waals surface area (Å²) < 4.78 is 12.6. The highest BCUT2D eigenvalue weighted by atomic mass is 16.5. The number of aliphatic hydroxyl groups is 2. The molecule has 3 heterocycles. The molecule has 0 bridgehead atoms. The standard InChI is InChI=1S/C22H29N7O5.H3N/c1-28(2)19-17-20(25-10-24-19)29(11-26-17)22-18(31)16(15(9-30)34-22)27-21(32)14(23)8-12-4-6-13(33-3)7-5-12;/h4-7,10-11,14-16,18,22,30-31H,8-9,23H2,1-3H3,(H,27,32);1H3/t14-,15+,16+,18+,22+;/m0./s1. The van der Waals surface area contributed by atoms with E-state index >= 15 is 0 Å². The molecule has 5 atom stereocenters.